The van der Waals surface area contributed by atoms with E-state index in [1.807, 2.05) is 11.7 Å². The van der Waals surface area contributed by atoms with Crippen LogP contribution in [0.4, 0.5) is 11.5 Å². The zero-order valence-corrected chi connectivity index (χ0v) is 13.0. The fraction of sp³-hybridized carbons (Fsp3) is 0.812. The molecule has 0 saturated heterocycles. The number of nitrogens with two attached hydrogens (primary N) is 1. The summed E-state index contributed by atoms with van der Waals surface area (Å²) in [6.45, 7) is 4.48. The number of hydrogen-bond acceptors (Lipinski definition) is 3. The third kappa shape index (κ3) is 2.29. The van der Waals surface area contributed by atoms with Gasteiger partial charge in [-0.15, -0.1) is 0 Å². The Hall–Kier alpha value is -1.19. The van der Waals surface area contributed by atoms with Crippen molar-refractivity contribution >= 4 is 11.5 Å². The monoisotopic (exact) mass is 276 g/mol. The van der Waals surface area contributed by atoms with E-state index in [2.05, 4.69) is 24.3 Å². The molecule has 0 spiro atoms. The molecular formula is C16H28N4. The number of hydrogen-bond donors (Lipinski definition) is 2. The maximum absolute atomic E-state index is 6.27. The first-order valence-electron chi connectivity index (χ1n) is 8.18. The van der Waals surface area contributed by atoms with Gasteiger partial charge in [0.1, 0.15) is 5.82 Å². The SMILES string of the molecule is CCCc1nn(C)c(NC(C)C2CC3CCC2C3)c1N. The van der Waals surface area contributed by atoms with Gasteiger partial charge in [-0.2, -0.15) is 5.10 Å². The second kappa shape index (κ2) is 5.30. The zero-order valence-electron chi connectivity index (χ0n) is 13.0. The first kappa shape index (κ1) is 13.8. The number of nitrogens with zero attached hydrogens (tertiary/aromatic N) is 2. The molecule has 0 aromatic carbocycles. The number of nitrogen functional groups attached to an aromatic ring is 1. The van der Waals surface area contributed by atoms with Crippen molar-refractivity contribution in [3.05, 3.63) is 5.69 Å². The topological polar surface area (TPSA) is 55.9 Å². The quantitative estimate of drug-likeness (QED) is 0.868. The molecule has 2 aliphatic rings. The van der Waals surface area contributed by atoms with Crippen molar-refractivity contribution in [3.8, 4) is 0 Å². The van der Waals surface area contributed by atoms with Gasteiger partial charge in [0.25, 0.3) is 0 Å². The van der Waals surface area contributed by atoms with Gasteiger partial charge in [-0.3, -0.25) is 4.68 Å². The van der Waals surface area contributed by atoms with Crippen LogP contribution in [0.1, 0.15) is 51.6 Å². The van der Waals surface area contributed by atoms with Crippen LogP contribution in [0.3, 0.4) is 0 Å². The van der Waals surface area contributed by atoms with Crippen molar-refractivity contribution in [1.82, 2.24) is 9.78 Å². The van der Waals surface area contributed by atoms with Crippen LogP contribution >= 0.6 is 0 Å². The van der Waals surface area contributed by atoms with Gasteiger partial charge in [-0.25, -0.2) is 0 Å². The van der Waals surface area contributed by atoms with Crippen LogP contribution in [-0.2, 0) is 13.5 Å². The van der Waals surface area contributed by atoms with Crippen molar-refractivity contribution in [2.45, 2.75) is 58.4 Å². The predicted octanol–water partition coefficient (Wildman–Crippen LogP) is 3.19. The van der Waals surface area contributed by atoms with Gasteiger partial charge in [-0.1, -0.05) is 19.8 Å². The first-order chi connectivity index (χ1) is 9.60. The fourth-order valence-corrected chi connectivity index (χ4v) is 4.42. The number of fused-ring (bicyclic) bond motifs is 2. The van der Waals surface area contributed by atoms with Crippen LogP contribution in [0.15, 0.2) is 0 Å². The predicted molar refractivity (Wildman–Crippen MR) is 83.6 cm³/mol. The highest BCUT2D eigenvalue weighted by Gasteiger charge is 2.42. The van der Waals surface area contributed by atoms with E-state index in [0.717, 1.165) is 47.8 Å². The minimum absolute atomic E-state index is 0.498. The van der Waals surface area contributed by atoms with Crippen LogP contribution in [0.5, 0.6) is 0 Å². The van der Waals surface area contributed by atoms with Gasteiger partial charge in [-0.05, 0) is 50.4 Å². The van der Waals surface area contributed by atoms with E-state index in [0.29, 0.717) is 6.04 Å². The first-order valence-corrected chi connectivity index (χ1v) is 8.18. The lowest BCUT2D eigenvalue weighted by atomic mass is 9.84. The lowest BCUT2D eigenvalue weighted by molar-refractivity contribution is 0.303. The smallest absolute Gasteiger partial charge is 0.147 e. The van der Waals surface area contributed by atoms with Crippen LogP contribution in [0, 0.1) is 17.8 Å². The minimum Gasteiger partial charge on any atom is -0.394 e. The van der Waals surface area contributed by atoms with E-state index < -0.39 is 0 Å². The van der Waals surface area contributed by atoms with E-state index in [9.17, 15) is 0 Å². The molecule has 4 nitrogen and oxygen atoms in total. The van der Waals surface area contributed by atoms with Gasteiger partial charge < -0.3 is 11.1 Å². The van der Waals surface area contributed by atoms with Crippen molar-refractivity contribution in [2.75, 3.05) is 11.1 Å². The van der Waals surface area contributed by atoms with E-state index in [1.165, 1.54) is 25.7 Å². The molecular weight excluding hydrogens is 248 g/mol. The van der Waals surface area contributed by atoms with Gasteiger partial charge in [0, 0.05) is 13.1 Å². The molecule has 2 fully saturated rings. The van der Waals surface area contributed by atoms with Gasteiger partial charge >= 0.3 is 0 Å². The Morgan fingerprint density at radius 2 is 2.20 bits per heavy atom. The van der Waals surface area contributed by atoms with Crippen molar-refractivity contribution in [3.63, 3.8) is 0 Å². The Morgan fingerprint density at radius 1 is 1.40 bits per heavy atom. The summed E-state index contributed by atoms with van der Waals surface area (Å²) in [6, 6.07) is 0.498. The molecule has 4 heteroatoms. The number of aromatic nitrogens is 2. The Balaban J connectivity index is 1.71. The Labute approximate surface area is 122 Å². The summed E-state index contributed by atoms with van der Waals surface area (Å²) in [6.07, 6.45) is 7.80. The third-order valence-corrected chi connectivity index (χ3v) is 5.45. The Morgan fingerprint density at radius 3 is 2.80 bits per heavy atom. The summed E-state index contributed by atoms with van der Waals surface area (Å²) in [5, 5.41) is 8.22. The molecule has 2 bridgehead atoms. The fourth-order valence-electron chi connectivity index (χ4n) is 4.42. The van der Waals surface area contributed by atoms with Crippen LogP contribution in [0.2, 0.25) is 0 Å². The molecule has 2 saturated carbocycles. The van der Waals surface area contributed by atoms with E-state index in [-0.39, 0.29) is 0 Å². The van der Waals surface area contributed by atoms with E-state index in [4.69, 9.17) is 5.73 Å². The van der Waals surface area contributed by atoms with Crippen LogP contribution in [-0.4, -0.2) is 15.8 Å². The number of anilines is 2. The zero-order chi connectivity index (χ0) is 14.3. The highest BCUT2D eigenvalue weighted by molar-refractivity contribution is 5.65. The maximum atomic E-state index is 6.27. The molecule has 112 valence electrons. The molecule has 0 radical (unpaired) electrons. The Kier molecular flexibility index (Phi) is 3.65. The minimum atomic E-state index is 0.498. The molecule has 1 heterocycles. The maximum Gasteiger partial charge on any atom is 0.147 e. The number of aryl methyl sites for hydroxylation is 2. The highest BCUT2D eigenvalue weighted by atomic mass is 15.3. The molecule has 20 heavy (non-hydrogen) atoms. The molecule has 4 atom stereocenters. The van der Waals surface area contributed by atoms with Crippen LogP contribution in [0.25, 0.3) is 0 Å². The van der Waals surface area contributed by atoms with Crippen LogP contribution < -0.4 is 11.1 Å². The number of nitrogens with one attached hydrogen (secondary N) is 1. The molecule has 1 aromatic rings. The summed E-state index contributed by atoms with van der Waals surface area (Å²) in [5.41, 5.74) is 8.16. The molecule has 3 rings (SSSR count). The van der Waals surface area contributed by atoms with Crippen molar-refractivity contribution in [2.24, 2.45) is 24.8 Å². The van der Waals surface area contributed by atoms with E-state index in [1.54, 1.807) is 0 Å². The van der Waals surface area contributed by atoms with Gasteiger partial charge in [0.05, 0.1) is 11.4 Å². The normalized spacial score (nSPS) is 29.9. The second-order valence-corrected chi connectivity index (χ2v) is 6.85. The van der Waals surface area contributed by atoms with Crippen molar-refractivity contribution < 1.29 is 0 Å². The molecule has 0 amide bonds. The molecule has 4 unspecified atom stereocenters. The summed E-state index contributed by atoms with van der Waals surface area (Å²) < 4.78 is 1.92. The summed E-state index contributed by atoms with van der Waals surface area (Å²) >= 11 is 0. The Bertz CT molecular complexity index is 479. The average Bonchev–Trinajstić information content (AvgIpc) is 3.10. The summed E-state index contributed by atoms with van der Waals surface area (Å²) in [5.74, 6) is 3.77. The largest absolute Gasteiger partial charge is 0.394 e. The molecule has 3 N–H and O–H groups in total. The standard InChI is InChI=1S/C16H28N4/c1-4-5-14-15(17)16(20(3)19-14)18-10(2)13-9-11-6-7-12(13)8-11/h10-13,18H,4-9,17H2,1-3H3. The second-order valence-electron chi connectivity index (χ2n) is 6.85. The van der Waals surface area contributed by atoms with Gasteiger partial charge in [0.15, 0.2) is 0 Å². The molecule has 2 aliphatic carbocycles. The lowest BCUT2D eigenvalue weighted by Crippen LogP contribution is -2.31. The average molecular weight is 276 g/mol. The number of rotatable bonds is 5. The third-order valence-electron chi connectivity index (χ3n) is 5.45. The summed E-state index contributed by atoms with van der Waals surface area (Å²) in [7, 11) is 1.99. The van der Waals surface area contributed by atoms with Crippen molar-refractivity contribution in [1.29, 1.82) is 0 Å². The molecule has 0 aliphatic heterocycles. The summed E-state index contributed by atoms with van der Waals surface area (Å²) in [4.78, 5) is 0. The highest BCUT2D eigenvalue weighted by Crippen LogP contribution is 2.50. The molecule has 1 aromatic heterocycles. The van der Waals surface area contributed by atoms with Gasteiger partial charge in [0.2, 0.25) is 0 Å². The van der Waals surface area contributed by atoms with E-state index >= 15 is 0 Å². The lowest BCUT2D eigenvalue weighted by Gasteiger charge is -2.29.